The van der Waals surface area contributed by atoms with Crippen molar-refractivity contribution >= 4 is 192 Å². The van der Waals surface area contributed by atoms with Crippen molar-refractivity contribution in [3.05, 3.63) is 238 Å². The highest BCUT2D eigenvalue weighted by atomic mass is 35.5. The summed E-state index contributed by atoms with van der Waals surface area (Å²) in [6.07, 6.45) is 9.91. The number of nitrogens with one attached hydrogen (secondary N) is 2. The average Bonchev–Trinajstić information content (AvgIpc) is 1.62. The minimum absolute atomic E-state index is 0. The molecule has 1 saturated heterocycles. The number of likely N-dealkylation sites (tertiary alicyclic amines) is 1. The summed E-state index contributed by atoms with van der Waals surface area (Å²) in [5.74, 6) is 0.980. The largest absolute Gasteiger partial charge is 0.340 e. The zero-order valence-corrected chi connectivity index (χ0v) is 87.5. The fourth-order valence-corrected chi connectivity index (χ4v) is 19.7. The van der Waals surface area contributed by atoms with Crippen LogP contribution in [0.5, 0.6) is 0 Å². The van der Waals surface area contributed by atoms with Gasteiger partial charge in [0.05, 0.1) is 0 Å². The van der Waals surface area contributed by atoms with E-state index in [0.29, 0.717) is 77.2 Å². The van der Waals surface area contributed by atoms with E-state index in [0.717, 1.165) is 255 Å². The molecule has 1 fully saturated rings. The monoisotopic (exact) mass is 1930 g/mol. The van der Waals surface area contributed by atoms with Gasteiger partial charge < -0.3 is 43.3 Å². The Morgan fingerprint density at radius 1 is 0.300 bits per heavy atom. The van der Waals surface area contributed by atoms with Crippen LogP contribution >= 0.6 is 24.8 Å². The molecule has 0 radical (unpaired) electrons. The maximum atomic E-state index is 12.5. The number of halogens is 2. The predicted molar refractivity (Wildman–Crippen MR) is 585 cm³/mol. The molecule has 0 unspecified atom stereocenters. The van der Waals surface area contributed by atoms with Crippen LogP contribution in [0.1, 0.15) is 306 Å². The summed E-state index contributed by atoms with van der Waals surface area (Å²) >= 11 is 0. The Bertz CT molecular complexity index is 6660. The number of likely N-dealkylation sites (N-methyl/N-ethyl adjacent to an activating group) is 2. The first-order valence-electron chi connectivity index (χ1n) is 50.5. The lowest BCUT2D eigenvalue weighted by Gasteiger charge is -2.39. The fraction of sp³-hybridized carbons (Fsp3) is 0.407. The van der Waals surface area contributed by atoms with E-state index in [2.05, 4.69) is 147 Å². The second-order valence-corrected chi connectivity index (χ2v) is 37.4. The van der Waals surface area contributed by atoms with E-state index in [4.69, 9.17) is 0 Å². The minimum Gasteiger partial charge on any atom is -0.340 e. The van der Waals surface area contributed by atoms with Crippen LogP contribution in [0.4, 0.5) is 0 Å². The quantitative estimate of drug-likeness (QED) is 0.0270. The Balaban J connectivity index is 0.000000180. The molecule has 140 heavy (non-hydrogen) atoms. The van der Waals surface area contributed by atoms with Crippen molar-refractivity contribution in [1.82, 2.24) is 48.2 Å². The number of hydrogen-bond acceptors (Lipinski definition) is 15. The third kappa shape index (κ3) is 25.6. The number of aromatic nitrogens is 5. The number of carbonyl (C=O) groups excluding carboxylic acids is 10. The van der Waals surface area contributed by atoms with Crippen LogP contribution in [-0.4, -0.2) is 179 Å². The number of rotatable bonds is 39. The van der Waals surface area contributed by atoms with Gasteiger partial charge in [-0.1, -0.05) is 82.6 Å². The number of hydrogen-bond donors (Lipinski definition) is 2. The molecule has 2 N–H and O–H groups in total. The molecule has 6 heterocycles. The summed E-state index contributed by atoms with van der Waals surface area (Å²) < 4.78 is 11.5. The average molecular weight is 1940 g/mol. The van der Waals surface area contributed by atoms with E-state index in [-0.39, 0.29) is 82.6 Å². The van der Waals surface area contributed by atoms with Crippen molar-refractivity contribution in [2.75, 3.05) is 65.4 Å². The molecule has 20 nitrogen and oxygen atoms in total. The normalized spacial score (nSPS) is 13.2. The number of fused-ring (bicyclic) bond motifs is 15. The first kappa shape index (κ1) is 110. The van der Waals surface area contributed by atoms with Crippen molar-refractivity contribution in [2.45, 2.75) is 253 Å². The van der Waals surface area contributed by atoms with Gasteiger partial charge in [0.1, 0.15) is 0 Å². The van der Waals surface area contributed by atoms with Crippen molar-refractivity contribution in [3.8, 4) is 0 Å². The zero-order valence-electron chi connectivity index (χ0n) is 85.9. The smallest absolute Gasteiger partial charge is 0.162 e. The minimum atomic E-state index is 0. The van der Waals surface area contributed by atoms with Crippen LogP contribution in [0.2, 0.25) is 0 Å². The lowest BCUT2D eigenvalue weighted by atomic mass is 9.97. The van der Waals surface area contributed by atoms with E-state index in [1.807, 2.05) is 173 Å². The molecule has 16 rings (SSSR count). The van der Waals surface area contributed by atoms with Crippen LogP contribution < -0.4 is 10.6 Å². The van der Waals surface area contributed by atoms with E-state index >= 15 is 0 Å². The topological polar surface area (TPSA) is 229 Å². The van der Waals surface area contributed by atoms with Gasteiger partial charge in [-0.15, -0.1) is 24.8 Å². The lowest BCUT2D eigenvalue weighted by molar-refractivity contribution is 0.0973. The first-order valence-corrected chi connectivity index (χ1v) is 50.5. The standard InChI is InChI=1S/C26H32N2O2.C26H34N2O2.C24H30N2O2.2C21H24N2O2.2ClH/c1-17-7-5-8-18(2)27(17)13-6-14-28-25-11-9-21(19(3)29)15-23(25)24-16-22(20(4)30)10-12-26(24)28;1-5-9-25(29)19-11-13-23-21(17-19)22-18-20(26(30)10-6-2)12-14-24(22)28(23)16-15-27(7-3)8-4;1-5-23(27)17-9-11-21-19(15-17)20-16-18(24(28)6-2)10-12-22(20)26(21)14-13-25(7-3)8-4;1-13(2)22-9-10-23-20-7-5-16(14(3)24)11-18(20)19-12-17(15(4)25)6-8-21(19)23;1-4-9-22-10-11-23-20-7-5-16(14(2)24)12-18(20)19-13-17(15(3)25)6-8-21(19)23;;/h9-12,15-18H,5-8,13-14H2,1-4H3;11-14,17-18H,5-10,15-16H2,1-4H3;9-12,15-16H,5-8,13-14H2,1-4H3;5-8,11-13,22H,9-10H2,1-4H3;5-8,12-13,22H,4,9-11H2,1-3H3;2*1H/t17-,18+;;;;;;. The van der Waals surface area contributed by atoms with Gasteiger partial charge in [0, 0.05) is 274 Å². The number of aryl methyl sites for hydroxylation is 1. The number of benzene rings is 10. The Labute approximate surface area is 838 Å². The number of ketones is 10. The van der Waals surface area contributed by atoms with E-state index in [1.165, 1.54) is 19.3 Å². The van der Waals surface area contributed by atoms with Crippen molar-refractivity contribution in [3.63, 3.8) is 0 Å². The molecule has 5 aromatic heterocycles. The highest BCUT2D eigenvalue weighted by Crippen LogP contribution is 2.39. The summed E-state index contributed by atoms with van der Waals surface area (Å²) in [6.45, 7) is 51.4. The van der Waals surface area contributed by atoms with Gasteiger partial charge >= 0.3 is 0 Å². The summed E-state index contributed by atoms with van der Waals surface area (Å²) in [5.41, 5.74) is 18.4. The van der Waals surface area contributed by atoms with Gasteiger partial charge in [0.2, 0.25) is 0 Å². The Morgan fingerprint density at radius 2 is 0.536 bits per heavy atom. The third-order valence-electron chi connectivity index (χ3n) is 27.7. The van der Waals surface area contributed by atoms with Gasteiger partial charge in [-0.25, -0.2) is 0 Å². The van der Waals surface area contributed by atoms with Crippen LogP contribution in [0.15, 0.2) is 182 Å². The highest BCUT2D eigenvalue weighted by Gasteiger charge is 2.27. The van der Waals surface area contributed by atoms with Crippen molar-refractivity contribution < 1.29 is 47.9 Å². The first-order chi connectivity index (χ1) is 66.3. The van der Waals surface area contributed by atoms with Crippen molar-refractivity contribution in [2.24, 2.45) is 0 Å². The van der Waals surface area contributed by atoms with Crippen LogP contribution in [0.25, 0.3) is 109 Å². The molecule has 1 aliphatic rings. The Kier molecular flexibility index (Phi) is 40.3. The number of piperidine rings is 1. The highest BCUT2D eigenvalue weighted by molar-refractivity contribution is 6.18. The molecule has 0 bridgehead atoms. The fourth-order valence-electron chi connectivity index (χ4n) is 19.7. The molecule has 2 atom stereocenters. The predicted octanol–water partition coefficient (Wildman–Crippen LogP) is 26.5. The van der Waals surface area contributed by atoms with Gasteiger partial charge in [-0.2, -0.15) is 0 Å². The maximum absolute atomic E-state index is 12.5. The van der Waals surface area contributed by atoms with E-state index in [9.17, 15) is 47.9 Å². The van der Waals surface area contributed by atoms with Crippen LogP contribution in [-0.2, 0) is 32.7 Å². The lowest BCUT2D eigenvalue weighted by Crippen LogP contribution is -2.44. The van der Waals surface area contributed by atoms with Gasteiger partial charge in [0.15, 0.2) is 57.8 Å². The molecule has 0 aliphatic carbocycles. The summed E-state index contributed by atoms with van der Waals surface area (Å²) in [6, 6.07) is 61.1. The molecule has 0 amide bonds. The number of nitrogens with zero attached hydrogens (tertiary/aromatic N) is 8. The molecular weight excluding hydrogens is 1790 g/mol. The SMILES string of the molecule is CC(=O)c1ccc2c(c1)c1cc(C(C)=O)ccc1n2CCCN1[C@H](C)CCC[C@@H]1C.CC(=O)c1ccc2c(c1)c1cc(C(C)=O)ccc1n2CCNC(C)C.CCC(=O)c1ccc2c(c1)c1cc(C(=O)CC)ccc1n2CCN(CC)CC.CCCC(=O)c1ccc2c(c1)c1cc(C(=O)CCC)ccc1n2CCN(CC)CC.CCCNCCn1c2ccc(C(C)=O)cc2c2cc(C(C)=O)ccc21.Cl.Cl. The molecular formula is C118H146Cl2N10O10. The molecule has 0 saturated carbocycles. The third-order valence-corrected chi connectivity index (χ3v) is 27.7. The van der Waals surface area contributed by atoms with Gasteiger partial charge in [-0.05, 0) is 309 Å². The zero-order chi connectivity index (χ0) is 99.5. The number of carbonyl (C=O) groups is 10. The molecule has 0 spiro atoms. The Hall–Kier alpha value is -11.7. The van der Waals surface area contributed by atoms with Gasteiger partial charge in [0.25, 0.3) is 0 Å². The van der Waals surface area contributed by atoms with Crippen LogP contribution in [0.3, 0.4) is 0 Å². The summed E-state index contributed by atoms with van der Waals surface area (Å²) in [4.78, 5) is 128. The molecule has 22 heteroatoms. The van der Waals surface area contributed by atoms with Gasteiger partial charge in [-0.3, -0.25) is 52.8 Å². The second kappa shape index (κ2) is 51.1. The summed E-state index contributed by atoms with van der Waals surface area (Å²) in [7, 11) is 0. The maximum Gasteiger partial charge on any atom is 0.162 e. The molecule has 15 aromatic rings. The molecule has 10 aromatic carbocycles. The summed E-state index contributed by atoms with van der Waals surface area (Å²) in [5, 5.41) is 17.3. The molecule has 742 valence electrons. The van der Waals surface area contributed by atoms with E-state index < -0.39 is 0 Å². The second-order valence-electron chi connectivity index (χ2n) is 37.4. The number of Topliss-reactive ketones (excluding diaryl/α,β-unsaturated/α-hetero) is 10. The Morgan fingerprint density at radius 3 is 0.771 bits per heavy atom. The van der Waals surface area contributed by atoms with E-state index in [1.54, 1.807) is 41.5 Å². The molecule has 1 aliphatic heterocycles. The van der Waals surface area contributed by atoms with Crippen molar-refractivity contribution in [1.29, 1.82) is 0 Å². The van der Waals surface area contributed by atoms with Crippen LogP contribution in [0, 0.1) is 0 Å².